The fourth-order valence-electron chi connectivity index (χ4n) is 2.98. The van der Waals surface area contributed by atoms with E-state index < -0.39 is 11.4 Å². The van der Waals surface area contributed by atoms with Crippen LogP contribution in [-0.4, -0.2) is 35.8 Å². The van der Waals surface area contributed by atoms with Crippen LogP contribution in [0.3, 0.4) is 0 Å². The highest BCUT2D eigenvalue weighted by Crippen LogP contribution is 2.41. The van der Waals surface area contributed by atoms with E-state index in [0.717, 1.165) is 6.54 Å². The summed E-state index contributed by atoms with van der Waals surface area (Å²) in [6, 6.07) is 10.9. The largest absolute Gasteiger partial charge is 0.506 e. The first kappa shape index (κ1) is 18.9. The van der Waals surface area contributed by atoms with Gasteiger partial charge in [-0.2, -0.15) is 5.26 Å². The first-order chi connectivity index (χ1) is 11.8. The number of phenolic OH excluding ortho intramolecular Hbond substituents is 1. The van der Waals surface area contributed by atoms with E-state index in [1.165, 1.54) is 24.3 Å². The summed E-state index contributed by atoms with van der Waals surface area (Å²) in [4.78, 5) is 2.00. The van der Waals surface area contributed by atoms with Crippen LogP contribution in [0.4, 0.5) is 4.39 Å². The Morgan fingerprint density at radius 2 is 1.80 bits per heavy atom. The van der Waals surface area contributed by atoms with E-state index in [1.54, 1.807) is 19.1 Å². The van der Waals surface area contributed by atoms with Crippen molar-refractivity contribution in [2.24, 2.45) is 0 Å². The molecule has 4 nitrogen and oxygen atoms in total. The fourth-order valence-corrected chi connectivity index (χ4v) is 2.98. The third-order valence-corrected chi connectivity index (χ3v) is 4.41. The zero-order chi connectivity index (χ0) is 18.6. The van der Waals surface area contributed by atoms with Crippen LogP contribution in [0.5, 0.6) is 5.75 Å². The Hall–Kier alpha value is -2.42. The van der Waals surface area contributed by atoms with E-state index in [9.17, 15) is 19.9 Å². The van der Waals surface area contributed by atoms with E-state index >= 15 is 0 Å². The predicted molar refractivity (Wildman–Crippen MR) is 94.7 cm³/mol. The van der Waals surface area contributed by atoms with Gasteiger partial charge in [0.05, 0.1) is 5.56 Å². The Balaban J connectivity index is 2.55. The lowest BCUT2D eigenvalue weighted by molar-refractivity contribution is 0.0638. The highest BCUT2D eigenvalue weighted by Gasteiger charge is 2.35. The second-order valence-electron chi connectivity index (χ2n) is 6.54. The molecule has 0 aliphatic heterocycles. The van der Waals surface area contributed by atoms with Gasteiger partial charge in [-0.15, -0.1) is 0 Å². The van der Waals surface area contributed by atoms with Gasteiger partial charge in [-0.05, 0) is 63.7 Å². The number of benzene rings is 2. The summed E-state index contributed by atoms with van der Waals surface area (Å²) in [6.45, 7) is 2.48. The quantitative estimate of drug-likeness (QED) is 0.845. The molecule has 2 aromatic rings. The minimum absolute atomic E-state index is 0.144. The van der Waals surface area contributed by atoms with Crippen LogP contribution in [0.2, 0.25) is 0 Å². The third-order valence-electron chi connectivity index (χ3n) is 4.41. The van der Waals surface area contributed by atoms with Gasteiger partial charge in [0.2, 0.25) is 0 Å². The van der Waals surface area contributed by atoms with Gasteiger partial charge in [0.1, 0.15) is 23.2 Å². The van der Waals surface area contributed by atoms with E-state index in [2.05, 4.69) is 0 Å². The van der Waals surface area contributed by atoms with Gasteiger partial charge in [0.15, 0.2) is 0 Å². The monoisotopic (exact) mass is 342 g/mol. The summed E-state index contributed by atoms with van der Waals surface area (Å²) >= 11 is 0. The first-order valence-corrected chi connectivity index (χ1v) is 8.16. The van der Waals surface area contributed by atoms with Crippen molar-refractivity contribution >= 4 is 0 Å². The zero-order valence-corrected chi connectivity index (χ0v) is 14.8. The number of halogens is 1. The lowest BCUT2D eigenvalue weighted by Gasteiger charge is -2.31. The van der Waals surface area contributed by atoms with Gasteiger partial charge in [-0.3, -0.25) is 0 Å². The number of aliphatic hydroxyl groups is 1. The Bertz CT molecular complexity index is 782. The van der Waals surface area contributed by atoms with Crippen LogP contribution in [0.15, 0.2) is 36.4 Å². The van der Waals surface area contributed by atoms with Crippen LogP contribution in [0.1, 0.15) is 35.1 Å². The fraction of sp³-hybridized carbons (Fsp3) is 0.350. The predicted octanol–water partition coefficient (Wildman–Crippen LogP) is 3.29. The van der Waals surface area contributed by atoms with Gasteiger partial charge in [-0.1, -0.05) is 24.3 Å². The number of phenols is 1. The smallest absolute Gasteiger partial charge is 0.140 e. The van der Waals surface area contributed by atoms with Crippen molar-refractivity contribution in [3.63, 3.8) is 0 Å². The Morgan fingerprint density at radius 1 is 1.16 bits per heavy atom. The molecule has 0 fully saturated rings. The second-order valence-corrected chi connectivity index (χ2v) is 6.54. The summed E-state index contributed by atoms with van der Waals surface area (Å²) in [5.74, 6) is -0.621. The first-order valence-electron chi connectivity index (χ1n) is 8.16. The molecule has 0 aliphatic carbocycles. The molecule has 2 N–H and O–H groups in total. The molecule has 0 aliphatic rings. The molecule has 0 amide bonds. The normalized spacial score (nSPS) is 13.5. The van der Waals surface area contributed by atoms with Crippen molar-refractivity contribution in [1.82, 2.24) is 4.90 Å². The van der Waals surface area contributed by atoms with E-state index in [4.69, 9.17) is 0 Å². The molecule has 1 atom stereocenters. The van der Waals surface area contributed by atoms with Crippen molar-refractivity contribution in [2.45, 2.75) is 25.4 Å². The van der Waals surface area contributed by atoms with E-state index in [0.29, 0.717) is 24.0 Å². The molecular formula is C20H23FN2O2. The topological polar surface area (TPSA) is 67.5 Å². The minimum atomic E-state index is -1.51. The van der Waals surface area contributed by atoms with Crippen LogP contribution in [-0.2, 0) is 5.60 Å². The number of rotatable bonds is 6. The van der Waals surface area contributed by atoms with E-state index in [-0.39, 0.29) is 16.9 Å². The van der Waals surface area contributed by atoms with E-state index in [1.807, 2.05) is 25.1 Å². The van der Waals surface area contributed by atoms with Crippen molar-refractivity contribution in [3.05, 3.63) is 64.5 Å². The number of hydrogen-bond acceptors (Lipinski definition) is 4. The molecule has 132 valence electrons. The molecule has 5 heteroatoms. The van der Waals surface area contributed by atoms with Crippen LogP contribution >= 0.6 is 0 Å². The third kappa shape index (κ3) is 3.98. The zero-order valence-electron chi connectivity index (χ0n) is 14.8. The Morgan fingerprint density at radius 3 is 2.36 bits per heavy atom. The maximum atomic E-state index is 13.3. The summed E-state index contributed by atoms with van der Waals surface area (Å²) in [6.07, 6.45) is 0.994. The molecule has 2 rings (SSSR count). The molecule has 2 aromatic carbocycles. The Labute approximate surface area is 147 Å². The second kappa shape index (κ2) is 7.64. The maximum Gasteiger partial charge on any atom is 0.140 e. The number of hydrogen-bond donors (Lipinski definition) is 2. The van der Waals surface area contributed by atoms with Crippen LogP contribution in [0, 0.1) is 24.1 Å². The lowest BCUT2D eigenvalue weighted by Crippen LogP contribution is -2.29. The molecule has 0 spiro atoms. The van der Waals surface area contributed by atoms with Gasteiger partial charge in [-0.25, -0.2) is 4.39 Å². The van der Waals surface area contributed by atoms with Gasteiger partial charge < -0.3 is 15.1 Å². The van der Waals surface area contributed by atoms with Crippen molar-refractivity contribution in [2.75, 3.05) is 20.6 Å². The molecule has 0 heterocycles. The SMILES string of the molecule is Cc1ccc(C(O)(CCCN(C)C)c2ccc(F)cc2)c(O)c1C#N. The summed E-state index contributed by atoms with van der Waals surface area (Å²) < 4.78 is 13.3. The van der Waals surface area contributed by atoms with Crippen molar-refractivity contribution in [1.29, 1.82) is 5.26 Å². The average Bonchev–Trinajstić information content (AvgIpc) is 2.55. The molecular weight excluding hydrogens is 319 g/mol. The Kier molecular flexibility index (Phi) is 5.78. The molecule has 0 saturated heterocycles. The standard InChI is InChI=1S/C20H23FN2O2/c1-14-5-10-18(19(24)17(14)13-22)20(25,11-4-12-23(2)3)15-6-8-16(21)9-7-15/h5-10,24-25H,4,11-12H2,1-3H3. The van der Waals surface area contributed by atoms with Gasteiger partial charge in [0, 0.05) is 5.56 Å². The number of aryl methyl sites for hydroxylation is 1. The number of nitrogens with zero attached hydrogens (tertiary/aromatic N) is 2. The van der Waals surface area contributed by atoms with Gasteiger partial charge in [0.25, 0.3) is 0 Å². The highest BCUT2D eigenvalue weighted by molar-refractivity contribution is 5.56. The van der Waals surface area contributed by atoms with Gasteiger partial charge >= 0.3 is 0 Å². The lowest BCUT2D eigenvalue weighted by atomic mass is 9.80. The molecule has 0 radical (unpaired) electrons. The van der Waals surface area contributed by atoms with Crippen molar-refractivity contribution < 1.29 is 14.6 Å². The highest BCUT2D eigenvalue weighted by atomic mass is 19.1. The minimum Gasteiger partial charge on any atom is -0.506 e. The van der Waals surface area contributed by atoms with Crippen molar-refractivity contribution in [3.8, 4) is 11.8 Å². The molecule has 0 bridgehead atoms. The molecule has 0 saturated carbocycles. The summed E-state index contributed by atoms with van der Waals surface area (Å²) in [5.41, 5.74) is 0.0208. The number of aromatic hydroxyl groups is 1. The summed E-state index contributed by atoms with van der Waals surface area (Å²) in [7, 11) is 3.88. The summed E-state index contributed by atoms with van der Waals surface area (Å²) in [5, 5.41) is 31.3. The van der Waals surface area contributed by atoms with Crippen LogP contribution in [0.25, 0.3) is 0 Å². The van der Waals surface area contributed by atoms with Crippen LogP contribution < -0.4 is 0 Å². The molecule has 0 aromatic heterocycles. The molecule has 1 unspecified atom stereocenters. The average molecular weight is 342 g/mol. The number of nitriles is 1. The maximum absolute atomic E-state index is 13.3. The molecule has 25 heavy (non-hydrogen) atoms.